The van der Waals surface area contributed by atoms with E-state index >= 15 is 0 Å². The van der Waals surface area contributed by atoms with Crippen LogP contribution in [0.15, 0.2) is 11.0 Å². The molecule has 156 valence electrons. The van der Waals surface area contributed by atoms with E-state index in [0.29, 0.717) is 31.1 Å². The van der Waals surface area contributed by atoms with Crippen molar-refractivity contribution in [2.45, 2.75) is 51.9 Å². The first-order valence-corrected chi connectivity index (χ1v) is 11.7. The van der Waals surface area contributed by atoms with E-state index in [1.54, 1.807) is 4.31 Å². The molecule has 0 aromatic heterocycles. The van der Waals surface area contributed by atoms with Crippen LogP contribution in [0, 0.1) is 27.7 Å². The number of amides is 1. The molecular formula is C21H33N3O3S. The maximum Gasteiger partial charge on any atom is 0.243 e. The summed E-state index contributed by atoms with van der Waals surface area (Å²) >= 11 is 0. The lowest BCUT2D eigenvalue weighted by molar-refractivity contribution is -0.131. The van der Waals surface area contributed by atoms with Crippen LogP contribution in [0.1, 0.15) is 41.5 Å². The predicted molar refractivity (Wildman–Crippen MR) is 111 cm³/mol. The molecule has 0 unspecified atom stereocenters. The third kappa shape index (κ3) is 4.26. The van der Waals surface area contributed by atoms with Crippen molar-refractivity contribution in [3.63, 3.8) is 0 Å². The molecule has 2 fully saturated rings. The molecule has 2 aliphatic rings. The van der Waals surface area contributed by atoms with Gasteiger partial charge in [0.1, 0.15) is 0 Å². The molecule has 6 nitrogen and oxygen atoms in total. The molecule has 0 aliphatic carbocycles. The van der Waals surface area contributed by atoms with E-state index in [-0.39, 0.29) is 5.91 Å². The van der Waals surface area contributed by atoms with Crippen LogP contribution < -0.4 is 0 Å². The second-order valence-corrected chi connectivity index (χ2v) is 10.1. The van der Waals surface area contributed by atoms with Gasteiger partial charge in [0.25, 0.3) is 0 Å². The number of hydrogen-bond acceptors (Lipinski definition) is 4. The largest absolute Gasteiger partial charge is 0.342 e. The van der Waals surface area contributed by atoms with Gasteiger partial charge < -0.3 is 4.90 Å². The highest BCUT2D eigenvalue weighted by Crippen LogP contribution is 2.29. The zero-order valence-electron chi connectivity index (χ0n) is 17.6. The molecule has 0 radical (unpaired) electrons. The van der Waals surface area contributed by atoms with Crippen LogP contribution in [0.2, 0.25) is 0 Å². The summed E-state index contributed by atoms with van der Waals surface area (Å²) in [5, 5.41) is 0. The minimum atomic E-state index is -3.55. The van der Waals surface area contributed by atoms with Crippen molar-refractivity contribution < 1.29 is 13.2 Å². The quantitative estimate of drug-likeness (QED) is 0.768. The molecule has 1 aromatic carbocycles. The first-order valence-electron chi connectivity index (χ1n) is 10.3. The highest BCUT2D eigenvalue weighted by atomic mass is 32.2. The Labute approximate surface area is 169 Å². The van der Waals surface area contributed by atoms with Gasteiger partial charge in [-0.05, 0) is 75.8 Å². The van der Waals surface area contributed by atoms with Gasteiger partial charge in [-0.25, -0.2) is 8.42 Å². The van der Waals surface area contributed by atoms with Gasteiger partial charge in [-0.2, -0.15) is 4.31 Å². The lowest BCUT2D eigenvalue weighted by Gasteiger charge is -2.25. The Hall–Kier alpha value is -1.44. The van der Waals surface area contributed by atoms with Crippen LogP contribution in [0.25, 0.3) is 0 Å². The first kappa shape index (κ1) is 21.3. The molecule has 1 aromatic rings. The van der Waals surface area contributed by atoms with E-state index in [2.05, 4.69) is 11.0 Å². The Morgan fingerprint density at radius 2 is 1.46 bits per heavy atom. The van der Waals surface area contributed by atoms with Crippen LogP contribution in [0.3, 0.4) is 0 Å². The first-order chi connectivity index (χ1) is 13.2. The van der Waals surface area contributed by atoms with Crippen molar-refractivity contribution in [3.05, 3.63) is 28.3 Å². The summed E-state index contributed by atoms with van der Waals surface area (Å²) in [5.74, 6) is 0.176. The van der Waals surface area contributed by atoms with Crippen molar-refractivity contribution in [1.29, 1.82) is 0 Å². The van der Waals surface area contributed by atoms with Crippen LogP contribution >= 0.6 is 0 Å². The summed E-state index contributed by atoms with van der Waals surface area (Å²) < 4.78 is 28.5. The number of hydrogen-bond donors (Lipinski definition) is 0. The zero-order valence-corrected chi connectivity index (χ0v) is 18.4. The molecule has 0 bridgehead atoms. The van der Waals surface area contributed by atoms with Crippen molar-refractivity contribution in [2.75, 3.05) is 45.8 Å². The average Bonchev–Trinajstić information content (AvgIpc) is 3.07. The molecule has 0 saturated carbocycles. The normalized spacial score (nSPS) is 19.8. The second kappa shape index (κ2) is 8.51. The molecule has 3 rings (SSSR count). The highest BCUT2D eigenvalue weighted by molar-refractivity contribution is 7.89. The Morgan fingerprint density at radius 3 is 2.07 bits per heavy atom. The zero-order chi connectivity index (χ0) is 20.5. The van der Waals surface area contributed by atoms with E-state index in [9.17, 15) is 13.2 Å². The number of nitrogens with zero attached hydrogens (tertiary/aromatic N) is 3. The van der Waals surface area contributed by atoms with Crippen LogP contribution in [-0.2, 0) is 14.8 Å². The minimum Gasteiger partial charge on any atom is -0.342 e. The van der Waals surface area contributed by atoms with Crippen LogP contribution in [-0.4, -0.2) is 74.2 Å². The van der Waals surface area contributed by atoms with Crippen molar-refractivity contribution in [3.8, 4) is 0 Å². The number of benzene rings is 1. The summed E-state index contributed by atoms with van der Waals surface area (Å²) in [6.07, 6.45) is 2.92. The van der Waals surface area contributed by atoms with Crippen LogP contribution in [0.5, 0.6) is 0 Å². The Morgan fingerprint density at radius 1 is 0.857 bits per heavy atom. The summed E-state index contributed by atoms with van der Waals surface area (Å²) in [6.45, 7) is 12.1. The lowest BCUT2D eigenvalue weighted by atomic mass is 10.0. The number of carbonyl (C=O) groups excluding carboxylic acids is 1. The standard InChI is InChI=1S/C21H33N3O3S/c1-16-14-17(2)19(4)21(18(16)3)28(26,27)24-11-7-8-22(12-13-24)15-20(25)23-9-5-6-10-23/h14H,5-13,15H2,1-4H3. The molecule has 2 heterocycles. The summed E-state index contributed by atoms with van der Waals surface area (Å²) in [6, 6.07) is 2.05. The molecule has 2 aliphatic heterocycles. The van der Waals surface area contributed by atoms with E-state index in [4.69, 9.17) is 0 Å². The predicted octanol–water partition coefficient (Wildman–Crippen LogP) is 2.24. The number of aryl methyl sites for hydroxylation is 2. The Kier molecular flexibility index (Phi) is 6.47. The molecule has 7 heteroatoms. The molecule has 1 amide bonds. The lowest BCUT2D eigenvalue weighted by Crippen LogP contribution is -2.41. The third-order valence-corrected chi connectivity index (χ3v) is 8.43. The SMILES string of the molecule is Cc1cc(C)c(C)c(S(=O)(=O)N2CCCN(CC(=O)N3CCCC3)CC2)c1C. The number of sulfonamides is 1. The van der Waals surface area contributed by atoms with Gasteiger partial charge in [-0.1, -0.05) is 6.07 Å². The molecule has 0 N–H and O–H groups in total. The third-order valence-electron chi connectivity index (χ3n) is 6.26. The van der Waals surface area contributed by atoms with Crippen molar-refractivity contribution in [1.82, 2.24) is 14.1 Å². The average molecular weight is 408 g/mol. The summed E-state index contributed by atoms with van der Waals surface area (Å²) in [7, 11) is -3.55. The van der Waals surface area contributed by atoms with Gasteiger partial charge in [0.15, 0.2) is 0 Å². The molecule has 2 saturated heterocycles. The fraction of sp³-hybridized carbons (Fsp3) is 0.667. The van der Waals surface area contributed by atoms with Crippen molar-refractivity contribution >= 4 is 15.9 Å². The minimum absolute atomic E-state index is 0.176. The van der Waals surface area contributed by atoms with E-state index in [1.165, 1.54) is 0 Å². The van der Waals surface area contributed by atoms with E-state index in [1.807, 2.05) is 32.6 Å². The Balaban J connectivity index is 1.74. The molecule has 28 heavy (non-hydrogen) atoms. The second-order valence-electron chi connectivity index (χ2n) is 8.21. The summed E-state index contributed by atoms with van der Waals surface area (Å²) in [5.41, 5.74) is 3.70. The van der Waals surface area contributed by atoms with Gasteiger partial charge in [0.2, 0.25) is 15.9 Å². The van der Waals surface area contributed by atoms with Gasteiger partial charge in [-0.15, -0.1) is 0 Å². The van der Waals surface area contributed by atoms with Gasteiger partial charge >= 0.3 is 0 Å². The smallest absolute Gasteiger partial charge is 0.243 e. The van der Waals surface area contributed by atoms with E-state index < -0.39 is 10.0 Å². The maximum absolute atomic E-state index is 13.5. The monoisotopic (exact) mass is 407 g/mol. The number of carbonyl (C=O) groups is 1. The number of rotatable bonds is 4. The van der Waals surface area contributed by atoms with Gasteiger partial charge in [-0.3, -0.25) is 9.69 Å². The van der Waals surface area contributed by atoms with Gasteiger partial charge in [0, 0.05) is 32.7 Å². The topological polar surface area (TPSA) is 60.9 Å². The molecular weight excluding hydrogens is 374 g/mol. The fourth-order valence-electron chi connectivity index (χ4n) is 4.30. The fourth-order valence-corrected chi connectivity index (χ4v) is 6.35. The van der Waals surface area contributed by atoms with Crippen molar-refractivity contribution in [2.24, 2.45) is 0 Å². The summed E-state index contributed by atoms with van der Waals surface area (Å²) in [4.78, 5) is 16.9. The number of likely N-dealkylation sites (tertiary alicyclic amines) is 1. The van der Waals surface area contributed by atoms with Gasteiger partial charge in [0.05, 0.1) is 11.4 Å². The molecule has 0 spiro atoms. The van der Waals surface area contributed by atoms with E-state index in [0.717, 1.165) is 61.2 Å². The molecule has 0 atom stereocenters. The van der Waals surface area contributed by atoms with Crippen LogP contribution in [0.4, 0.5) is 0 Å². The maximum atomic E-state index is 13.5. The Bertz CT molecular complexity index is 819. The highest BCUT2D eigenvalue weighted by Gasteiger charge is 2.31.